The summed E-state index contributed by atoms with van der Waals surface area (Å²) in [6.07, 6.45) is 0. The van der Waals surface area contributed by atoms with Gasteiger partial charge >= 0.3 is 0 Å². The first-order valence-electron chi connectivity index (χ1n) is 7.72. The van der Waals surface area contributed by atoms with Crippen LogP contribution in [0, 0.1) is 5.92 Å². The van der Waals surface area contributed by atoms with E-state index in [0.29, 0.717) is 17.1 Å². The predicted octanol–water partition coefficient (Wildman–Crippen LogP) is 3.49. The number of hydrogen-bond acceptors (Lipinski definition) is 4. The normalized spacial score (nSPS) is 11.3. The Labute approximate surface area is 142 Å². The molecule has 0 bridgehead atoms. The number of hydrogen-bond donors (Lipinski definition) is 1. The summed E-state index contributed by atoms with van der Waals surface area (Å²) in [6.45, 7) is 4.07. The quantitative estimate of drug-likeness (QED) is 0.653. The molecule has 24 heavy (non-hydrogen) atoms. The summed E-state index contributed by atoms with van der Waals surface area (Å²) in [5.74, 6) is 0.953. The van der Waals surface area contributed by atoms with Crippen molar-refractivity contribution >= 4 is 11.6 Å². The molecule has 5 nitrogen and oxygen atoms in total. The maximum absolute atomic E-state index is 12.4. The van der Waals surface area contributed by atoms with Gasteiger partial charge in [-0.3, -0.25) is 4.79 Å². The van der Waals surface area contributed by atoms with Gasteiger partial charge in [0.1, 0.15) is 0 Å². The zero-order valence-electron chi connectivity index (χ0n) is 14.4. The Morgan fingerprint density at radius 1 is 0.958 bits per heavy atom. The van der Waals surface area contributed by atoms with Crippen LogP contribution in [-0.2, 0) is 0 Å². The minimum atomic E-state index is -0.301. The SMILES string of the molecule is COc1ccc(C(=O)N/N=C(\c2ccccc2)C(C)C)cc1OC. The van der Waals surface area contributed by atoms with Gasteiger partial charge in [-0.2, -0.15) is 5.10 Å². The molecule has 0 fully saturated rings. The second-order valence-corrected chi connectivity index (χ2v) is 5.53. The summed E-state index contributed by atoms with van der Waals surface area (Å²) in [7, 11) is 3.08. The van der Waals surface area contributed by atoms with Crippen LogP contribution in [0.5, 0.6) is 11.5 Å². The van der Waals surface area contributed by atoms with Crippen LogP contribution in [-0.4, -0.2) is 25.8 Å². The molecule has 0 spiro atoms. The third kappa shape index (κ3) is 4.13. The van der Waals surface area contributed by atoms with E-state index < -0.39 is 0 Å². The molecule has 5 heteroatoms. The first kappa shape index (κ1) is 17.5. The van der Waals surface area contributed by atoms with E-state index in [1.807, 2.05) is 44.2 Å². The number of carbonyl (C=O) groups is 1. The molecule has 0 aliphatic rings. The van der Waals surface area contributed by atoms with E-state index in [0.717, 1.165) is 11.3 Å². The first-order chi connectivity index (χ1) is 11.6. The van der Waals surface area contributed by atoms with Gasteiger partial charge in [-0.05, 0) is 29.7 Å². The molecular formula is C19H22N2O3. The summed E-state index contributed by atoms with van der Waals surface area (Å²) in [5.41, 5.74) is 4.88. The van der Waals surface area contributed by atoms with Gasteiger partial charge in [0.05, 0.1) is 19.9 Å². The van der Waals surface area contributed by atoms with Gasteiger partial charge < -0.3 is 9.47 Å². The van der Waals surface area contributed by atoms with Gasteiger partial charge in [0.25, 0.3) is 5.91 Å². The van der Waals surface area contributed by atoms with Crippen LogP contribution < -0.4 is 14.9 Å². The highest BCUT2D eigenvalue weighted by molar-refractivity contribution is 6.03. The van der Waals surface area contributed by atoms with Gasteiger partial charge in [0, 0.05) is 5.56 Å². The molecule has 0 aromatic heterocycles. The van der Waals surface area contributed by atoms with Crippen molar-refractivity contribution in [3.8, 4) is 11.5 Å². The molecule has 0 heterocycles. The van der Waals surface area contributed by atoms with E-state index in [4.69, 9.17) is 9.47 Å². The molecule has 0 aliphatic carbocycles. The average molecular weight is 326 g/mol. The van der Waals surface area contributed by atoms with E-state index >= 15 is 0 Å². The highest BCUT2D eigenvalue weighted by Gasteiger charge is 2.12. The van der Waals surface area contributed by atoms with E-state index in [1.54, 1.807) is 25.3 Å². The Kier molecular flexibility index (Phi) is 5.95. The van der Waals surface area contributed by atoms with Crippen molar-refractivity contribution in [1.82, 2.24) is 5.43 Å². The number of methoxy groups -OCH3 is 2. The largest absolute Gasteiger partial charge is 0.493 e. The number of carbonyl (C=O) groups excluding carboxylic acids is 1. The number of benzene rings is 2. The van der Waals surface area contributed by atoms with Crippen molar-refractivity contribution in [2.24, 2.45) is 11.0 Å². The fourth-order valence-corrected chi connectivity index (χ4v) is 2.29. The van der Waals surface area contributed by atoms with Crippen molar-refractivity contribution in [1.29, 1.82) is 0 Å². The second-order valence-electron chi connectivity index (χ2n) is 5.53. The van der Waals surface area contributed by atoms with Gasteiger partial charge in [0.2, 0.25) is 0 Å². The van der Waals surface area contributed by atoms with Crippen LogP contribution in [0.2, 0.25) is 0 Å². The molecule has 0 atom stereocenters. The van der Waals surface area contributed by atoms with E-state index in [2.05, 4.69) is 10.5 Å². The topological polar surface area (TPSA) is 59.9 Å². The lowest BCUT2D eigenvalue weighted by Crippen LogP contribution is -2.22. The Morgan fingerprint density at radius 3 is 2.21 bits per heavy atom. The maximum Gasteiger partial charge on any atom is 0.271 e. The summed E-state index contributed by atoms with van der Waals surface area (Å²) < 4.78 is 10.4. The van der Waals surface area contributed by atoms with Crippen LogP contribution in [0.1, 0.15) is 29.8 Å². The highest BCUT2D eigenvalue weighted by atomic mass is 16.5. The third-order valence-electron chi connectivity index (χ3n) is 3.54. The molecule has 0 saturated heterocycles. The van der Waals surface area contributed by atoms with Gasteiger partial charge in [-0.15, -0.1) is 0 Å². The Balaban J connectivity index is 2.22. The smallest absolute Gasteiger partial charge is 0.271 e. The fraction of sp³-hybridized carbons (Fsp3) is 0.263. The lowest BCUT2D eigenvalue weighted by molar-refractivity contribution is 0.0954. The van der Waals surface area contributed by atoms with Crippen LogP contribution >= 0.6 is 0 Å². The molecular weight excluding hydrogens is 304 g/mol. The number of hydrazone groups is 1. The summed E-state index contributed by atoms with van der Waals surface area (Å²) >= 11 is 0. The minimum absolute atomic E-state index is 0.179. The van der Waals surface area contributed by atoms with Crippen molar-refractivity contribution in [3.05, 3.63) is 59.7 Å². The van der Waals surface area contributed by atoms with Gasteiger partial charge in [0.15, 0.2) is 11.5 Å². The molecule has 1 amide bonds. The van der Waals surface area contributed by atoms with E-state index in [-0.39, 0.29) is 11.8 Å². The maximum atomic E-state index is 12.4. The summed E-state index contributed by atoms with van der Waals surface area (Å²) in [6, 6.07) is 14.8. The molecule has 2 rings (SSSR count). The molecule has 0 saturated carbocycles. The fourth-order valence-electron chi connectivity index (χ4n) is 2.29. The van der Waals surface area contributed by atoms with Crippen molar-refractivity contribution in [3.63, 3.8) is 0 Å². The monoisotopic (exact) mass is 326 g/mol. The minimum Gasteiger partial charge on any atom is -0.493 e. The van der Waals surface area contributed by atoms with Crippen LogP contribution in [0.4, 0.5) is 0 Å². The number of amides is 1. The van der Waals surface area contributed by atoms with Crippen LogP contribution in [0.3, 0.4) is 0 Å². The van der Waals surface area contributed by atoms with Gasteiger partial charge in [-0.1, -0.05) is 44.2 Å². The van der Waals surface area contributed by atoms with Gasteiger partial charge in [-0.25, -0.2) is 5.43 Å². The van der Waals surface area contributed by atoms with Crippen molar-refractivity contribution < 1.29 is 14.3 Å². The molecule has 0 unspecified atom stereocenters. The predicted molar refractivity (Wildman–Crippen MR) is 94.8 cm³/mol. The van der Waals surface area contributed by atoms with E-state index in [1.165, 1.54) is 7.11 Å². The molecule has 2 aromatic carbocycles. The van der Waals surface area contributed by atoms with Crippen molar-refractivity contribution in [2.45, 2.75) is 13.8 Å². The Bertz CT molecular complexity index is 725. The summed E-state index contributed by atoms with van der Waals surface area (Å²) in [4.78, 5) is 12.4. The first-order valence-corrected chi connectivity index (χ1v) is 7.72. The Morgan fingerprint density at radius 2 is 1.62 bits per heavy atom. The number of rotatable bonds is 6. The summed E-state index contributed by atoms with van der Waals surface area (Å²) in [5, 5.41) is 4.31. The molecule has 1 N–H and O–H groups in total. The number of nitrogens with one attached hydrogen (secondary N) is 1. The van der Waals surface area contributed by atoms with Crippen LogP contribution in [0.25, 0.3) is 0 Å². The molecule has 0 aliphatic heterocycles. The third-order valence-corrected chi connectivity index (χ3v) is 3.54. The lowest BCUT2D eigenvalue weighted by Gasteiger charge is -2.11. The number of ether oxygens (including phenoxy) is 2. The second kappa shape index (κ2) is 8.15. The molecule has 0 radical (unpaired) electrons. The van der Waals surface area contributed by atoms with Crippen LogP contribution in [0.15, 0.2) is 53.6 Å². The highest BCUT2D eigenvalue weighted by Crippen LogP contribution is 2.27. The lowest BCUT2D eigenvalue weighted by atomic mass is 10.0. The molecule has 126 valence electrons. The van der Waals surface area contributed by atoms with E-state index in [9.17, 15) is 4.79 Å². The standard InChI is InChI=1S/C19H22N2O3/c1-13(2)18(14-8-6-5-7-9-14)20-21-19(22)15-10-11-16(23-3)17(12-15)24-4/h5-13H,1-4H3,(H,21,22)/b20-18-. The molecule has 2 aromatic rings. The zero-order chi connectivity index (χ0) is 17.5. The van der Waals surface area contributed by atoms with Crippen molar-refractivity contribution in [2.75, 3.05) is 14.2 Å². The average Bonchev–Trinajstić information content (AvgIpc) is 2.61. The zero-order valence-corrected chi connectivity index (χ0v) is 14.4. The Hall–Kier alpha value is -2.82. The number of nitrogens with zero attached hydrogens (tertiary/aromatic N) is 1.